The smallest absolute Gasteiger partial charge is 0.229 e. The van der Waals surface area contributed by atoms with Gasteiger partial charge in [0.05, 0.1) is 19.6 Å². The SMILES string of the molecule is O=C(CC1OCCO1)Nc1cccc(-c2nnsc2Cl)c1. The number of halogens is 1. The van der Waals surface area contributed by atoms with E-state index in [1.807, 2.05) is 12.1 Å². The van der Waals surface area contributed by atoms with Crippen molar-refractivity contribution in [3.05, 3.63) is 28.6 Å². The van der Waals surface area contributed by atoms with E-state index in [9.17, 15) is 4.79 Å². The molecule has 1 aromatic carbocycles. The molecular formula is C13H12ClN3O3S. The highest BCUT2D eigenvalue weighted by molar-refractivity contribution is 7.10. The zero-order valence-corrected chi connectivity index (χ0v) is 12.5. The Morgan fingerprint density at radius 1 is 1.43 bits per heavy atom. The van der Waals surface area contributed by atoms with Gasteiger partial charge in [-0.3, -0.25) is 4.79 Å². The maximum absolute atomic E-state index is 11.9. The predicted molar refractivity (Wildman–Crippen MR) is 79.3 cm³/mol. The van der Waals surface area contributed by atoms with Crippen LogP contribution in [-0.4, -0.2) is 35.0 Å². The quantitative estimate of drug-likeness (QED) is 0.935. The van der Waals surface area contributed by atoms with E-state index in [1.54, 1.807) is 12.1 Å². The van der Waals surface area contributed by atoms with Gasteiger partial charge in [-0.25, -0.2) is 0 Å². The van der Waals surface area contributed by atoms with Gasteiger partial charge < -0.3 is 14.8 Å². The number of rotatable bonds is 4. The summed E-state index contributed by atoms with van der Waals surface area (Å²) in [5.74, 6) is -0.165. The highest BCUT2D eigenvalue weighted by Gasteiger charge is 2.19. The first-order valence-electron chi connectivity index (χ1n) is 6.34. The lowest BCUT2D eigenvalue weighted by molar-refractivity contribution is -0.124. The van der Waals surface area contributed by atoms with Crippen molar-refractivity contribution in [2.75, 3.05) is 18.5 Å². The average Bonchev–Trinajstić information content (AvgIpc) is 3.10. The van der Waals surface area contributed by atoms with Crippen LogP contribution >= 0.6 is 23.1 Å². The molecule has 110 valence electrons. The van der Waals surface area contributed by atoms with Crippen molar-refractivity contribution >= 4 is 34.7 Å². The molecule has 0 radical (unpaired) electrons. The number of aromatic nitrogens is 2. The zero-order chi connectivity index (χ0) is 14.7. The second-order valence-electron chi connectivity index (χ2n) is 4.40. The Bertz CT molecular complexity index is 643. The lowest BCUT2D eigenvalue weighted by Gasteiger charge is -2.10. The number of hydrogen-bond acceptors (Lipinski definition) is 6. The fourth-order valence-electron chi connectivity index (χ4n) is 1.98. The Morgan fingerprint density at radius 2 is 2.24 bits per heavy atom. The molecule has 1 N–H and O–H groups in total. The summed E-state index contributed by atoms with van der Waals surface area (Å²) >= 11 is 7.14. The second-order valence-corrected chi connectivity index (χ2v) is 5.76. The Labute approximate surface area is 130 Å². The Morgan fingerprint density at radius 3 is 2.95 bits per heavy atom. The van der Waals surface area contributed by atoms with E-state index in [0.29, 0.717) is 28.9 Å². The molecule has 0 unspecified atom stereocenters. The van der Waals surface area contributed by atoms with Crippen LogP contribution in [0.1, 0.15) is 6.42 Å². The van der Waals surface area contributed by atoms with Crippen molar-refractivity contribution in [3.63, 3.8) is 0 Å². The molecule has 1 amide bonds. The number of hydrogen-bond donors (Lipinski definition) is 1. The first-order valence-corrected chi connectivity index (χ1v) is 7.49. The first-order chi connectivity index (χ1) is 10.2. The molecule has 0 atom stereocenters. The van der Waals surface area contributed by atoms with Gasteiger partial charge in [0, 0.05) is 22.8 Å². The largest absolute Gasteiger partial charge is 0.350 e. The van der Waals surface area contributed by atoms with Crippen molar-refractivity contribution in [2.45, 2.75) is 12.7 Å². The van der Waals surface area contributed by atoms with Crippen molar-refractivity contribution in [1.29, 1.82) is 0 Å². The average molecular weight is 326 g/mol. The summed E-state index contributed by atoms with van der Waals surface area (Å²) in [5.41, 5.74) is 2.08. The predicted octanol–water partition coefficient (Wildman–Crippen LogP) is 2.56. The molecular weight excluding hydrogens is 314 g/mol. The Hall–Kier alpha value is -1.54. The molecule has 0 aliphatic carbocycles. The molecule has 1 fully saturated rings. The topological polar surface area (TPSA) is 73.3 Å². The Kier molecular flexibility index (Phi) is 4.45. The van der Waals surface area contributed by atoms with Gasteiger partial charge in [0.15, 0.2) is 6.29 Å². The van der Waals surface area contributed by atoms with Crippen molar-refractivity contribution in [2.24, 2.45) is 0 Å². The summed E-state index contributed by atoms with van der Waals surface area (Å²) in [7, 11) is 0. The minimum atomic E-state index is -0.453. The van der Waals surface area contributed by atoms with E-state index < -0.39 is 6.29 Å². The van der Waals surface area contributed by atoms with Gasteiger partial charge in [0.25, 0.3) is 0 Å². The number of carbonyl (C=O) groups excluding carboxylic acids is 1. The van der Waals surface area contributed by atoms with Crippen LogP contribution < -0.4 is 5.32 Å². The number of carbonyl (C=O) groups is 1. The van der Waals surface area contributed by atoms with Gasteiger partial charge >= 0.3 is 0 Å². The molecule has 3 rings (SSSR count). The van der Waals surface area contributed by atoms with E-state index >= 15 is 0 Å². The van der Waals surface area contributed by atoms with Crippen LogP contribution in [0.3, 0.4) is 0 Å². The van der Waals surface area contributed by atoms with Crippen molar-refractivity contribution in [3.8, 4) is 11.3 Å². The third kappa shape index (κ3) is 3.56. The molecule has 8 heteroatoms. The maximum atomic E-state index is 11.9. The van der Waals surface area contributed by atoms with Gasteiger partial charge in [0.1, 0.15) is 10.0 Å². The first kappa shape index (κ1) is 14.4. The van der Waals surface area contributed by atoms with Crippen LogP contribution in [0.15, 0.2) is 24.3 Å². The number of nitrogens with one attached hydrogen (secondary N) is 1. The monoisotopic (exact) mass is 325 g/mol. The van der Waals surface area contributed by atoms with Crippen LogP contribution in [-0.2, 0) is 14.3 Å². The highest BCUT2D eigenvalue weighted by Crippen LogP contribution is 2.29. The standard InChI is InChI=1S/C13H12ClN3O3S/c14-13-12(16-17-21-13)8-2-1-3-9(6-8)15-10(18)7-11-19-4-5-20-11/h1-3,6,11H,4-5,7H2,(H,15,18). The molecule has 2 heterocycles. The van der Waals surface area contributed by atoms with Crippen LogP contribution in [0.4, 0.5) is 5.69 Å². The van der Waals surface area contributed by atoms with E-state index in [0.717, 1.165) is 17.1 Å². The summed E-state index contributed by atoms with van der Waals surface area (Å²) in [4.78, 5) is 11.9. The molecule has 0 saturated carbocycles. The number of nitrogens with zero attached hydrogens (tertiary/aromatic N) is 2. The lowest BCUT2D eigenvalue weighted by atomic mass is 10.1. The van der Waals surface area contributed by atoms with E-state index in [1.165, 1.54) is 0 Å². The fourth-order valence-corrected chi connectivity index (χ4v) is 2.66. The van der Waals surface area contributed by atoms with Crippen LogP contribution in [0.2, 0.25) is 4.34 Å². The van der Waals surface area contributed by atoms with E-state index in [2.05, 4.69) is 14.9 Å². The summed E-state index contributed by atoms with van der Waals surface area (Å²) < 4.78 is 14.8. The van der Waals surface area contributed by atoms with Crippen molar-refractivity contribution < 1.29 is 14.3 Å². The Balaban J connectivity index is 1.68. The minimum absolute atomic E-state index is 0.165. The van der Waals surface area contributed by atoms with Gasteiger partial charge in [0.2, 0.25) is 5.91 Å². The number of benzene rings is 1. The van der Waals surface area contributed by atoms with Crippen molar-refractivity contribution in [1.82, 2.24) is 9.59 Å². The molecule has 21 heavy (non-hydrogen) atoms. The van der Waals surface area contributed by atoms with E-state index in [4.69, 9.17) is 21.1 Å². The summed E-state index contributed by atoms with van der Waals surface area (Å²) in [6.07, 6.45) is -0.283. The second kappa shape index (κ2) is 6.48. The molecule has 1 aliphatic rings. The summed E-state index contributed by atoms with van der Waals surface area (Å²) in [6, 6.07) is 7.28. The lowest BCUT2D eigenvalue weighted by Crippen LogP contribution is -2.20. The van der Waals surface area contributed by atoms with E-state index in [-0.39, 0.29) is 12.3 Å². The molecule has 0 spiro atoms. The number of amides is 1. The van der Waals surface area contributed by atoms with Gasteiger partial charge in [-0.05, 0) is 12.1 Å². The third-order valence-corrected chi connectivity index (χ3v) is 3.81. The molecule has 2 aromatic rings. The molecule has 0 bridgehead atoms. The fraction of sp³-hybridized carbons (Fsp3) is 0.308. The van der Waals surface area contributed by atoms with Crippen LogP contribution in [0.5, 0.6) is 0 Å². The van der Waals surface area contributed by atoms with Gasteiger partial charge in [-0.2, -0.15) is 0 Å². The highest BCUT2D eigenvalue weighted by atomic mass is 35.5. The molecule has 1 aromatic heterocycles. The molecule has 1 aliphatic heterocycles. The normalized spacial score (nSPS) is 15.3. The molecule has 1 saturated heterocycles. The summed E-state index contributed by atoms with van der Waals surface area (Å²) in [6.45, 7) is 1.06. The number of anilines is 1. The number of ether oxygens (including phenoxy) is 2. The van der Waals surface area contributed by atoms with Crippen LogP contribution in [0.25, 0.3) is 11.3 Å². The maximum Gasteiger partial charge on any atom is 0.229 e. The third-order valence-electron chi connectivity index (χ3n) is 2.91. The molecule has 6 nitrogen and oxygen atoms in total. The van der Waals surface area contributed by atoms with Gasteiger partial charge in [-0.1, -0.05) is 28.2 Å². The summed E-state index contributed by atoms with van der Waals surface area (Å²) in [5, 5.41) is 6.78. The van der Waals surface area contributed by atoms with Gasteiger partial charge in [-0.15, -0.1) is 5.10 Å². The minimum Gasteiger partial charge on any atom is -0.350 e. The van der Waals surface area contributed by atoms with Crippen LogP contribution in [0, 0.1) is 0 Å². The zero-order valence-electron chi connectivity index (χ0n) is 10.9.